The second kappa shape index (κ2) is 56.4. The van der Waals surface area contributed by atoms with Gasteiger partial charge in [-0.15, -0.1) is 0 Å². The molecule has 0 aliphatic heterocycles. The molecule has 0 heterocycles. The molecule has 0 bridgehead atoms. The van der Waals surface area contributed by atoms with Gasteiger partial charge < -0.3 is 14.6 Å². The summed E-state index contributed by atoms with van der Waals surface area (Å²) in [5.41, 5.74) is 0. The molecular formula is C62H100O5. The Hall–Kier alpha value is -3.96. The van der Waals surface area contributed by atoms with Crippen molar-refractivity contribution in [2.45, 2.75) is 232 Å². The van der Waals surface area contributed by atoms with Crippen LogP contribution < -0.4 is 0 Å². The van der Waals surface area contributed by atoms with Crippen LogP contribution in [-0.4, -0.2) is 36.4 Å². The Morgan fingerprint density at radius 2 is 0.642 bits per heavy atom. The minimum atomic E-state index is -0.783. The van der Waals surface area contributed by atoms with Gasteiger partial charge in [0.05, 0.1) is 6.61 Å². The van der Waals surface area contributed by atoms with Gasteiger partial charge in [-0.3, -0.25) is 9.59 Å². The molecular weight excluding hydrogens is 825 g/mol. The molecule has 0 amide bonds. The van der Waals surface area contributed by atoms with Crippen molar-refractivity contribution in [2.75, 3.05) is 13.2 Å². The molecule has 378 valence electrons. The van der Waals surface area contributed by atoms with E-state index in [2.05, 4.69) is 148 Å². The van der Waals surface area contributed by atoms with Crippen molar-refractivity contribution < 1.29 is 24.2 Å². The summed E-state index contributed by atoms with van der Waals surface area (Å²) in [6.07, 6.45) is 84.2. The van der Waals surface area contributed by atoms with E-state index in [1.807, 2.05) is 0 Å². The van der Waals surface area contributed by atoms with E-state index in [0.717, 1.165) is 116 Å². The number of allylic oxidation sites excluding steroid dienone is 22. The number of ether oxygens (including phenoxy) is 2. The standard InChI is InChI=1S/C62H100O5/c1-3-5-7-9-11-13-15-17-18-19-20-21-22-23-24-25-26-27-28-29-30-31-32-33-34-35-36-37-38-39-40-41-42-43-44-45-47-49-51-53-55-57-62(65)67-60(58-63)59-66-61(64)56-54-52-50-48-46-16-14-12-10-8-6-4-2/h5,7,11,13,17-18,20-21,23-24,26-27,29-30,32-33,35-36,38-39,41-42,60,63H,3-4,6,8-10,12,14-16,19,22,25,28,31,34,37,40,43-59H2,1-2H3/b7-5-,13-11-,18-17-,21-20-,24-23-,27-26-,30-29-,33-32-,36-35-,39-38-,42-41-. The smallest absolute Gasteiger partial charge is 0.306 e. The number of aliphatic hydroxyl groups is 1. The lowest BCUT2D eigenvalue weighted by molar-refractivity contribution is -0.161. The van der Waals surface area contributed by atoms with Crippen LogP contribution in [-0.2, 0) is 19.1 Å². The first-order valence-electron chi connectivity index (χ1n) is 27.2. The molecule has 1 atom stereocenters. The molecule has 1 unspecified atom stereocenters. The average molecular weight is 925 g/mol. The predicted octanol–water partition coefficient (Wildman–Crippen LogP) is 18.5. The number of aliphatic hydroxyl groups excluding tert-OH is 1. The molecule has 0 aromatic carbocycles. The molecule has 67 heavy (non-hydrogen) atoms. The predicted molar refractivity (Wildman–Crippen MR) is 292 cm³/mol. The van der Waals surface area contributed by atoms with Gasteiger partial charge >= 0.3 is 11.9 Å². The quantitative estimate of drug-likeness (QED) is 0.0374. The van der Waals surface area contributed by atoms with Gasteiger partial charge in [0.2, 0.25) is 0 Å². The Kier molecular flexibility index (Phi) is 53.0. The zero-order valence-corrected chi connectivity index (χ0v) is 43.1. The van der Waals surface area contributed by atoms with E-state index in [-0.39, 0.29) is 25.2 Å². The third kappa shape index (κ3) is 54.5. The van der Waals surface area contributed by atoms with Gasteiger partial charge in [-0.25, -0.2) is 0 Å². The van der Waals surface area contributed by atoms with Gasteiger partial charge in [0.15, 0.2) is 6.10 Å². The number of unbranched alkanes of at least 4 members (excludes halogenated alkanes) is 18. The number of carbonyl (C=O) groups is 2. The van der Waals surface area contributed by atoms with E-state index in [4.69, 9.17) is 9.47 Å². The van der Waals surface area contributed by atoms with E-state index >= 15 is 0 Å². The number of hydrogen-bond acceptors (Lipinski definition) is 5. The minimum absolute atomic E-state index is 0.0748. The fourth-order valence-corrected chi connectivity index (χ4v) is 7.15. The molecule has 0 aromatic heterocycles. The first-order valence-corrected chi connectivity index (χ1v) is 27.2. The largest absolute Gasteiger partial charge is 0.462 e. The van der Waals surface area contributed by atoms with E-state index < -0.39 is 6.10 Å². The van der Waals surface area contributed by atoms with Gasteiger partial charge in [0, 0.05) is 12.8 Å². The highest BCUT2D eigenvalue weighted by molar-refractivity contribution is 5.70. The van der Waals surface area contributed by atoms with Crippen LogP contribution in [0, 0.1) is 0 Å². The average Bonchev–Trinajstić information content (AvgIpc) is 3.33. The summed E-state index contributed by atoms with van der Waals surface area (Å²) in [6, 6.07) is 0. The Morgan fingerprint density at radius 1 is 0.358 bits per heavy atom. The third-order valence-electron chi connectivity index (χ3n) is 11.2. The molecule has 5 nitrogen and oxygen atoms in total. The fraction of sp³-hybridized carbons (Fsp3) is 0.613. The lowest BCUT2D eigenvalue weighted by Gasteiger charge is -2.15. The monoisotopic (exact) mass is 925 g/mol. The molecule has 0 aliphatic rings. The van der Waals surface area contributed by atoms with Crippen molar-refractivity contribution in [3.63, 3.8) is 0 Å². The van der Waals surface area contributed by atoms with Crippen molar-refractivity contribution in [1.29, 1.82) is 0 Å². The Balaban J connectivity index is 3.63. The zero-order valence-electron chi connectivity index (χ0n) is 43.1. The number of hydrogen-bond donors (Lipinski definition) is 1. The topological polar surface area (TPSA) is 72.8 Å². The Morgan fingerprint density at radius 3 is 0.970 bits per heavy atom. The maximum Gasteiger partial charge on any atom is 0.306 e. The summed E-state index contributed by atoms with van der Waals surface area (Å²) >= 11 is 0. The molecule has 0 rings (SSSR count). The summed E-state index contributed by atoms with van der Waals surface area (Å²) in [5, 5.41) is 9.60. The van der Waals surface area contributed by atoms with Crippen LogP contribution in [0.5, 0.6) is 0 Å². The van der Waals surface area contributed by atoms with Gasteiger partial charge in [0.25, 0.3) is 0 Å². The van der Waals surface area contributed by atoms with Crippen LogP contribution in [0.4, 0.5) is 0 Å². The lowest BCUT2D eigenvalue weighted by Crippen LogP contribution is -2.28. The second-order valence-electron chi connectivity index (χ2n) is 17.6. The Bertz CT molecular complexity index is 1420. The summed E-state index contributed by atoms with van der Waals surface area (Å²) in [7, 11) is 0. The second-order valence-corrected chi connectivity index (χ2v) is 17.6. The van der Waals surface area contributed by atoms with Crippen LogP contribution in [0.3, 0.4) is 0 Å². The number of esters is 2. The van der Waals surface area contributed by atoms with Gasteiger partial charge in [0.1, 0.15) is 6.61 Å². The maximum absolute atomic E-state index is 12.3. The maximum atomic E-state index is 12.3. The number of rotatable bonds is 48. The van der Waals surface area contributed by atoms with E-state index in [1.54, 1.807) is 0 Å². The van der Waals surface area contributed by atoms with Crippen LogP contribution in [0.1, 0.15) is 226 Å². The van der Waals surface area contributed by atoms with Crippen molar-refractivity contribution in [1.82, 2.24) is 0 Å². The van der Waals surface area contributed by atoms with Crippen LogP contribution >= 0.6 is 0 Å². The molecule has 0 saturated heterocycles. The molecule has 0 spiro atoms. The van der Waals surface area contributed by atoms with E-state index in [9.17, 15) is 14.7 Å². The highest BCUT2D eigenvalue weighted by Crippen LogP contribution is 2.14. The molecule has 0 aliphatic carbocycles. The first-order chi connectivity index (χ1) is 33.1. The Labute approximate surface area is 413 Å². The van der Waals surface area contributed by atoms with Gasteiger partial charge in [-0.05, 0) is 96.3 Å². The van der Waals surface area contributed by atoms with Crippen molar-refractivity contribution in [3.8, 4) is 0 Å². The van der Waals surface area contributed by atoms with Crippen molar-refractivity contribution >= 4 is 11.9 Å². The van der Waals surface area contributed by atoms with E-state index in [0.29, 0.717) is 12.8 Å². The number of carbonyl (C=O) groups excluding carboxylic acids is 2. The molecule has 0 aromatic rings. The van der Waals surface area contributed by atoms with Crippen molar-refractivity contribution in [2.24, 2.45) is 0 Å². The molecule has 0 fully saturated rings. The SMILES string of the molecule is CC/C=C\C/C=C\C/C=C\C/C=C\C/C=C\C/C=C\C/C=C\C/C=C\C/C=C\C/C=C\C/C=C\CCCCCCCCCC(=O)OC(CO)COC(=O)CCCCCCCCCCCCCC. The minimum Gasteiger partial charge on any atom is -0.462 e. The highest BCUT2D eigenvalue weighted by Gasteiger charge is 2.16. The summed E-state index contributed by atoms with van der Waals surface area (Å²) in [6.45, 7) is 4.00. The normalized spacial score (nSPS) is 13.3. The molecule has 0 saturated carbocycles. The third-order valence-corrected chi connectivity index (χ3v) is 11.2. The summed E-state index contributed by atoms with van der Waals surface area (Å²) in [5.74, 6) is -0.609. The first kappa shape index (κ1) is 63.0. The van der Waals surface area contributed by atoms with Crippen LogP contribution in [0.25, 0.3) is 0 Å². The molecule has 1 N–H and O–H groups in total. The highest BCUT2D eigenvalue weighted by atomic mass is 16.6. The lowest BCUT2D eigenvalue weighted by atomic mass is 10.0. The van der Waals surface area contributed by atoms with Gasteiger partial charge in [-0.2, -0.15) is 0 Å². The molecule has 0 radical (unpaired) electrons. The summed E-state index contributed by atoms with van der Waals surface area (Å²) in [4.78, 5) is 24.4. The van der Waals surface area contributed by atoms with E-state index in [1.165, 1.54) is 83.5 Å². The zero-order chi connectivity index (χ0) is 48.5. The van der Waals surface area contributed by atoms with Crippen LogP contribution in [0.15, 0.2) is 134 Å². The summed E-state index contributed by atoms with van der Waals surface area (Å²) < 4.78 is 10.6. The van der Waals surface area contributed by atoms with Crippen molar-refractivity contribution in [3.05, 3.63) is 134 Å². The van der Waals surface area contributed by atoms with Crippen LogP contribution in [0.2, 0.25) is 0 Å². The van der Waals surface area contributed by atoms with Gasteiger partial charge in [-0.1, -0.05) is 250 Å². The fourth-order valence-electron chi connectivity index (χ4n) is 7.15. The molecule has 5 heteroatoms.